The van der Waals surface area contributed by atoms with Crippen molar-refractivity contribution in [1.82, 2.24) is 0 Å². The Labute approximate surface area is 96.3 Å². The molecule has 0 aromatic heterocycles. The molecule has 0 aromatic rings. The lowest BCUT2D eigenvalue weighted by Gasteiger charge is -2.33. The lowest BCUT2D eigenvalue weighted by molar-refractivity contribution is -0.156. The van der Waals surface area contributed by atoms with Gasteiger partial charge in [-0.25, -0.2) is 9.59 Å². The predicted octanol–water partition coefficient (Wildman–Crippen LogP) is 2.24. The minimum Gasteiger partial charge on any atom is -0.478 e. The Balaban J connectivity index is 4.47. The quantitative estimate of drug-likeness (QED) is 0.579. The predicted molar refractivity (Wildman–Crippen MR) is 60.9 cm³/mol. The van der Waals surface area contributed by atoms with E-state index in [4.69, 9.17) is 9.84 Å². The normalized spacial score (nSPS) is 14.1. The topological polar surface area (TPSA) is 63.6 Å². The molecule has 1 unspecified atom stereocenters. The van der Waals surface area contributed by atoms with Crippen LogP contribution in [0, 0.1) is 11.8 Å². The van der Waals surface area contributed by atoms with Crippen molar-refractivity contribution in [3.05, 3.63) is 12.2 Å². The summed E-state index contributed by atoms with van der Waals surface area (Å²) in [7, 11) is 0. The van der Waals surface area contributed by atoms with Gasteiger partial charge in [-0.3, -0.25) is 0 Å². The lowest BCUT2D eigenvalue weighted by atomic mass is 9.83. The second kappa shape index (κ2) is 5.68. The van der Waals surface area contributed by atoms with Crippen LogP contribution >= 0.6 is 0 Å². The van der Waals surface area contributed by atoms with Crippen molar-refractivity contribution in [2.75, 3.05) is 0 Å². The fraction of sp³-hybridized carbons (Fsp3) is 0.667. The van der Waals surface area contributed by atoms with Gasteiger partial charge in [-0.1, -0.05) is 20.8 Å². The van der Waals surface area contributed by atoms with Crippen molar-refractivity contribution in [2.24, 2.45) is 11.8 Å². The Morgan fingerprint density at radius 1 is 1.19 bits per heavy atom. The molecule has 0 rings (SSSR count). The number of hydrogen-bond donors (Lipinski definition) is 1. The number of carbonyl (C=O) groups excluding carboxylic acids is 1. The van der Waals surface area contributed by atoms with E-state index in [1.807, 2.05) is 34.6 Å². The average molecular weight is 228 g/mol. The van der Waals surface area contributed by atoms with E-state index >= 15 is 0 Å². The van der Waals surface area contributed by atoms with Gasteiger partial charge < -0.3 is 9.84 Å². The number of esters is 1. The van der Waals surface area contributed by atoms with Crippen molar-refractivity contribution in [2.45, 2.75) is 40.2 Å². The van der Waals surface area contributed by atoms with Crippen LogP contribution in [0.2, 0.25) is 0 Å². The molecule has 92 valence electrons. The van der Waals surface area contributed by atoms with Crippen LogP contribution in [0.1, 0.15) is 34.6 Å². The number of carbonyl (C=O) groups is 2. The fourth-order valence-corrected chi connectivity index (χ4v) is 1.33. The Kier molecular flexibility index (Phi) is 5.21. The SMILES string of the molecule is CC(C)C(C)C(C)(C)OC(=O)/C=C\C(=O)O. The number of carboxylic acids is 1. The summed E-state index contributed by atoms with van der Waals surface area (Å²) in [5.74, 6) is -1.22. The van der Waals surface area contributed by atoms with Crippen LogP contribution in [0.25, 0.3) is 0 Å². The lowest BCUT2D eigenvalue weighted by Crippen LogP contribution is -2.37. The van der Waals surface area contributed by atoms with Crippen LogP contribution in [-0.4, -0.2) is 22.6 Å². The van der Waals surface area contributed by atoms with E-state index in [1.165, 1.54) is 0 Å². The maximum absolute atomic E-state index is 11.3. The number of carboxylic acid groups (broad SMARTS) is 1. The molecule has 0 aromatic carbocycles. The molecule has 4 heteroatoms. The Morgan fingerprint density at radius 3 is 2.06 bits per heavy atom. The first-order valence-electron chi connectivity index (χ1n) is 5.30. The van der Waals surface area contributed by atoms with E-state index < -0.39 is 17.5 Å². The van der Waals surface area contributed by atoms with Crippen molar-refractivity contribution >= 4 is 11.9 Å². The molecule has 0 saturated heterocycles. The minimum atomic E-state index is -1.16. The zero-order chi connectivity index (χ0) is 12.9. The summed E-state index contributed by atoms with van der Waals surface area (Å²) in [5, 5.41) is 8.36. The molecule has 0 saturated carbocycles. The zero-order valence-corrected chi connectivity index (χ0v) is 10.5. The summed E-state index contributed by atoms with van der Waals surface area (Å²) < 4.78 is 5.22. The number of aliphatic carboxylic acids is 1. The summed E-state index contributed by atoms with van der Waals surface area (Å²) in [6, 6.07) is 0. The highest BCUT2D eigenvalue weighted by molar-refractivity contribution is 5.90. The molecule has 0 aliphatic heterocycles. The van der Waals surface area contributed by atoms with E-state index in [9.17, 15) is 9.59 Å². The third kappa shape index (κ3) is 4.96. The molecule has 0 fully saturated rings. The highest BCUT2D eigenvalue weighted by atomic mass is 16.6. The molecule has 0 heterocycles. The molecule has 16 heavy (non-hydrogen) atoms. The first kappa shape index (κ1) is 14.7. The van der Waals surface area contributed by atoms with Gasteiger partial charge in [0.25, 0.3) is 0 Å². The molecule has 0 bridgehead atoms. The van der Waals surface area contributed by atoms with Gasteiger partial charge in [-0.2, -0.15) is 0 Å². The molecular formula is C12H20O4. The van der Waals surface area contributed by atoms with Gasteiger partial charge in [0.15, 0.2) is 0 Å². The van der Waals surface area contributed by atoms with E-state index in [0.717, 1.165) is 12.2 Å². The number of ether oxygens (including phenoxy) is 1. The second-order valence-corrected chi connectivity index (χ2v) is 4.73. The molecule has 0 aliphatic rings. The monoisotopic (exact) mass is 228 g/mol. The third-order valence-corrected chi connectivity index (χ3v) is 2.82. The van der Waals surface area contributed by atoms with E-state index in [2.05, 4.69) is 0 Å². The van der Waals surface area contributed by atoms with Crippen molar-refractivity contribution in [3.8, 4) is 0 Å². The number of rotatable bonds is 5. The van der Waals surface area contributed by atoms with Crippen LogP contribution in [0.3, 0.4) is 0 Å². The zero-order valence-electron chi connectivity index (χ0n) is 10.5. The van der Waals surface area contributed by atoms with Crippen molar-refractivity contribution < 1.29 is 19.4 Å². The van der Waals surface area contributed by atoms with Gasteiger partial charge in [0, 0.05) is 12.2 Å². The van der Waals surface area contributed by atoms with Gasteiger partial charge in [-0.05, 0) is 25.7 Å². The maximum atomic E-state index is 11.3. The fourth-order valence-electron chi connectivity index (χ4n) is 1.33. The Hall–Kier alpha value is -1.32. The van der Waals surface area contributed by atoms with Crippen LogP contribution in [-0.2, 0) is 14.3 Å². The second-order valence-electron chi connectivity index (χ2n) is 4.73. The first-order valence-corrected chi connectivity index (χ1v) is 5.30. The number of hydrogen-bond acceptors (Lipinski definition) is 3. The highest BCUT2D eigenvalue weighted by Crippen LogP contribution is 2.27. The highest BCUT2D eigenvalue weighted by Gasteiger charge is 2.31. The first-order chi connectivity index (χ1) is 7.16. The van der Waals surface area contributed by atoms with Gasteiger partial charge in [0.1, 0.15) is 5.60 Å². The largest absolute Gasteiger partial charge is 0.478 e. The van der Waals surface area contributed by atoms with Crippen LogP contribution < -0.4 is 0 Å². The van der Waals surface area contributed by atoms with E-state index in [1.54, 1.807) is 0 Å². The van der Waals surface area contributed by atoms with Gasteiger partial charge in [-0.15, -0.1) is 0 Å². The standard InChI is InChI=1S/C12H20O4/c1-8(2)9(3)12(4,5)16-11(15)7-6-10(13)14/h6-9H,1-5H3,(H,13,14)/b7-6-. The summed E-state index contributed by atoms with van der Waals surface area (Å²) in [6.45, 7) is 9.74. The Morgan fingerprint density at radius 2 is 1.69 bits per heavy atom. The summed E-state index contributed by atoms with van der Waals surface area (Å²) in [5.41, 5.74) is -0.603. The van der Waals surface area contributed by atoms with Crippen LogP contribution in [0.4, 0.5) is 0 Å². The van der Waals surface area contributed by atoms with Gasteiger partial charge in [0.2, 0.25) is 0 Å². The van der Waals surface area contributed by atoms with Crippen molar-refractivity contribution in [3.63, 3.8) is 0 Å². The van der Waals surface area contributed by atoms with Gasteiger partial charge in [0.05, 0.1) is 0 Å². The summed E-state index contributed by atoms with van der Waals surface area (Å²) in [4.78, 5) is 21.5. The van der Waals surface area contributed by atoms with E-state index in [-0.39, 0.29) is 5.92 Å². The van der Waals surface area contributed by atoms with E-state index in [0.29, 0.717) is 5.92 Å². The van der Waals surface area contributed by atoms with Gasteiger partial charge >= 0.3 is 11.9 Å². The molecule has 4 nitrogen and oxygen atoms in total. The Bertz CT molecular complexity index is 289. The van der Waals surface area contributed by atoms with Crippen LogP contribution in [0.5, 0.6) is 0 Å². The molecule has 0 amide bonds. The van der Waals surface area contributed by atoms with Crippen LogP contribution in [0.15, 0.2) is 12.2 Å². The maximum Gasteiger partial charge on any atom is 0.331 e. The molecule has 1 N–H and O–H groups in total. The summed E-state index contributed by atoms with van der Waals surface area (Å²) >= 11 is 0. The molecule has 0 spiro atoms. The molecule has 0 radical (unpaired) electrons. The minimum absolute atomic E-state index is 0.190. The smallest absolute Gasteiger partial charge is 0.331 e. The molecule has 0 aliphatic carbocycles. The van der Waals surface area contributed by atoms with Crippen molar-refractivity contribution in [1.29, 1.82) is 0 Å². The molecule has 1 atom stereocenters. The molecular weight excluding hydrogens is 208 g/mol. The average Bonchev–Trinajstić information content (AvgIpc) is 2.12. The third-order valence-electron chi connectivity index (χ3n) is 2.82. The summed E-state index contributed by atoms with van der Waals surface area (Å²) in [6.07, 6.45) is 1.70.